The van der Waals surface area contributed by atoms with E-state index in [0.717, 1.165) is 16.4 Å². The van der Waals surface area contributed by atoms with E-state index in [0.29, 0.717) is 5.57 Å². The molecule has 20 nitrogen and oxygen atoms in total. The molecule has 22 heteroatoms. The molecule has 49 heavy (non-hydrogen) atoms. The largest absolute Gasteiger partial charge is 0.519 e. The van der Waals surface area contributed by atoms with E-state index < -0.39 is 58.9 Å². The summed E-state index contributed by atoms with van der Waals surface area (Å²) in [5, 5.41) is 33.9. The number of β-lactam (4-membered cyclic amide) rings is 1. The van der Waals surface area contributed by atoms with Crippen molar-refractivity contribution in [3.05, 3.63) is 50.9 Å². The van der Waals surface area contributed by atoms with Gasteiger partial charge in [-0.2, -0.15) is 9.36 Å². The minimum atomic E-state index is -1.40. The van der Waals surface area contributed by atoms with Gasteiger partial charge in [0, 0.05) is 35.9 Å². The third-order valence-electron chi connectivity index (χ3n) is 8.40. The molecule has 6 rings (SSSR count). The molecule has 3 saturated heterocycles. The van der Waals surface area contributed by atoms with Crippen LogP contribution in [0.5, 0.6) is 0 Å². The number of carboxylic acid groups (broad SMARTS) is 1. The van der Waals surface area contributed by atoms with Crippen molar-refractivity contribution in [1.29, 1.82) is 0 Å². The first-order chi connectivity index (χ1) is 23.4. The highest BCUT2D eigenvalue weighted by Crippen LogP contribution is 2.41. The van der Waals surface area contributed by atoms with E-state index in [1.807, 2.05) is 0 Å². The maximum absolute atomic E-state index is 13.5. The van der Waals surface area contributed by atoms with Crippen molar-refractivity contribution < 1.29 is 53.0 Å². The average molecular weight is 721 g/mol. The predicted octanol–water partition coefficient (Wildman–Crippen LogP) is -1.18. The first-order valence-corrected chi connectivity index (χ1v) is 16.4. The topological polar surface area (TPSA) is 285 Å². The van der Waals surface area contributed by atoms with Crippen molar-refractivity contribution >= 4 is 63.9 Å². The number of oxime groups is 1. The Kier molecular flexibility index (Phi) is 9.18. The molecule has 6 N–H and O–H groups in total. The summed E-state index contributed by atoms with van der Waals surface area (Å²) in [6.07, 6.45) is 1.19. The fourth-order valence-electron chi connectivity index (χ4n) is 6.04. The molecule has 0 aliphatic carbocycles. The van der Waals surface area contributed by atoms with Crippen molar-refractivity contribution in [2.45, 2.75) is 49.9 Å². The van der Waals surface area contributed by atoms with Gasteiger partial charge in [0.05, 0.1) is 18.7 Å². The number of nitrogen functional groups attached to an aromatic ring is 1. The lowest BCUT2D eigenvalue weighted by atomic mass is 10.0. The molecule has 4 aliphatic heterocycles. The third kappa shape index (κ3) is 6.24. The minimum Gasteiger partial charge on any atom is -0.477 e. The zero-order valence-electron chi connectivity index (χ0n) is 25.4. The number of aliphatic hydroxyl groups is 1. The first-order valence-electron chi connectivity index (χ1n) is 14.6. The number of thioether (sulfide) groups is 1. The van der Waals surface area contributed by atoms with Gasteiger partial charge in [0.1, 0.15) is 17.1 Å². The number of anilines is 1. The van der Waals surface area contributed by atoms with Crippen LogP contribution in [0.1, 0.15) is 30.2 Å². The van der Waals surface area contributed by atoms with Gasteiger partial charge in [-0.25, -0.2) is 14.4 Å². The number of allylic oxidation sites excluding steroid dienone is 1. The van der Waals surface area contributed by atoms with Crippen LogP contribution in [0.3, 0.4) is 0 Å². The number of aryl methyl sites for hydroxylation is 1. The Morgan fingerprint density at radius 3 is 2.65 bits per heavy atom. The molecule has 4 atom stereocenters. The number of aliphatic carboxylic acids is 1. The molecule has 0 aromatic carbocycles. The average Bonchev–Trinajstić information content (AvgIpc) is 3.85. The molecule has 0 spiro atoms. The molecule has 4 amide bonds. The van der Waals surface area contributed by atoms with E-state index in [2.05, 4.69) is 19.8 Å². The van der Waals surface area contributed by atoms with Gasteiger partial charge < -0.3 is 49.8 Å². The lowest BCUT2D eigenvalue weighted by Crippen LogP contribution is -2.71. The second-order valence-corrected chi connectivity index (χ2v) is 13.1. The lowest BCUT2D eigenvalue weighted by molar-refractivity contribution is -0.150. The fraction of sp³-hybridized carbons (Fsp3) is 0.444. The summed E-state index contributed by atoms with van der Waals surface area (Å²) in [5.74, 6) is -4.36. The van der Waals surface area contributed by atoms with Crippen LogP contribution in [0.15, 0.2) is 41.7 Å². The van der Waals surface area contributed by atoms with Gasteiger partial charge in [-0.15, -0.1) is 11.8 Å². The van der Waals surface area contributed by atoms with Crippen LogP contribution < -0.4 is 16.9 Å². The standard InChI is InChI=1S/C27H28N8O12S2/c1-10-15(47-27(43)46-10)8-45-26(42)34-6-13(5-14(34)7-36)33-3-2-11(21(33)38)4-12-9-48-23-17(22(39)35(23)18(12)24(40)41)29-20(37)16(31-44)19-30-25(28)49-32-19/h4,13-14,17,23,36,44H,2-3,5-9H2,1H3,(H,29,37)(H,40,41)(H2,28,30,32)/b11-4+,31-16-/t13?,14?,17-,23-/m1/s1. The highest BCUT2D eigenvalue weighted by Gasteiger charge is 2.54. The van der Waals surface area contributed by atoms with Gasteiger partial charge in [0.15, 0.2) is 23.3 Å². The molecule has 260 valence electrons. The number of nitrogens with two attached hydrogens (primary N) is 1. The van der Waals surface area contributed by atoms with E-state index >= 15 is 0 Å². The van der Waals surface area contributed by atoms with Crippen LogP contribution in [-0.4, -0.2) is 124 Å². The number of carbonyl (C=O) groups is 5. The summed E-state index contributed by atoms with van der Waals surface area (Å²) in [7, 11) is 0. The SMILES string of the molecule is Cc1oc(=O)oc1COC(=O)N1CC(N2CC/C(=C\C3=C(C(=O)O)N4C(=O)[C@@H](NC(=O)/C(=N\O)c5nsc(N)n5)[C@H]4SC3)C2=O)CC1CO. The Balaban J connectivity index is 1.12. The van der Waals surface area contributed by atoms with Crippen molar-refractivity contribution in [3.8, 4) is 0 Å². The van der Waals surface area contributed by atoms with Crippen LogP contribution in [0.4, 0.5) is 9.93 Å². The highest BCUT2D eigenvalue weighted by atomic mass is 32.2. The number of hydrogen-bond acceptors (Lipinski definition) is 17. The number of carbonyl (C=O) groups excluding carboxylic acids is 4. The van der Waals surface area contributed by atoms with Crippen LogP contribution >= 0.6 is 23.3 Å². The van der Waals surface area contributed by atoms with Crippen molar-refractivity contribution in [2.24, 2.45) is 5.16 Å². The Hall–Kier alpha value is -5.22. The van der Waals surface area contributed by atoms with Gasteiger partial charge in [-0.05, 0) is 31.4 Å². The molecule has 4 aliphatic rings. The smallest absolute Gasteiger partial charge is 0.477 e. The number of nitrogens with one attached hydrogen (secondary N) is 1. The maximum atomic E-state index is 13.5. The number of amides is 4. The van der Waals surface area contributed by atoms with Crippen LogP contribution in [0.25, 0.3) is 0 Å². The number of fused-ring (bicyclic) bond motifs is 1. The van der Waals surface area contributed by atoms with E-state index in [4.69, 9.17) is 19.3 Å². The van der Waals surface area contributed by atoms with Crippen LogP contribution in [0.2, 0.25) is 0 Å². The van der Waals surface area contributed by atoms with E-state index in [9.17, 15) is 44.2 Å². The predicted molar refractivity (Wildman–Crippen MR) is 165 cm³/mol. The fourth-order valence-corrected chi connectivity index (χ4v) is 7.78. The second-order valence-electron chi connectivity index (χ2n) is 11.2. The molecule has 6 heterocycles. The molecular weight excluding hydrogens is 692 g/mol. The minimum absolute atomic E-state index is 0.0226. The monoisotopic (exact) mass is 720 g/mol. The van der Waals surface area contributed by atoms with E-state index in [-0.39, 0.29) is 84.6 Å². The number of rotatable bonds is 9. The summed E-state index contributed by atoms with van der Waals surface area (Å²) >= 11 is 1.94. The Morgan fingerprint density at radius 2 is 2.02 bits per heavy atom. The summed E-state index contributed by atoms with van der Waals surface area (Å²) in [4.78, 5) is 83.6. The third-order valence-corrected chi connectivity index (χ3v) is 10.2. The van der Waals surface area contributed by atoms with Crippen LogP contribution in [-0.2, 0) is 30.5 Å². The lowest BCUT2D eigenvalue weighted by Gasteiger charge is -2.49. The maximum Gasteiger partial charge on any atom is 0.519 e. The Labute approximate surface area is 283 Å². The normalized spacial score (nSPS) is 24.8. The number of hydrogen-bond donors (Lipinski definition) is 5. The van der Waals surface area contributed by atoms with Crippen molar-refractivity contribution in [2.75, 3.05) is 31.2 Å². The first kappa shape index (κ1) is 33.7. The van der Waals surface area contributed by atoms with Gasteiger partial charge in [-0.3, -0.25) is 19.3 Å². The van der Waals surface area contributed by atoms with Gasteiger partial charge in [0.25, 0.3) is 11.8 Å². The van der Waals surface area contributed by atoms with Crippen LogP contribution in [0, 0.1) is 6.92 Å². The summed E-state index contributed by atoms with van der Waals surface area (Å²) in [6.45, 7) is 1.05. The van der Waals surface area contributed by atoms with Crippen molar-refractivity contribution in [1.82, 2.24) is 29.4 Å². The van der Waals surface area contributed by atoms with E-state index in [1.165, 1.54) is 29.7 Å². The number of likely N-dealkylation sites (tertiary alicyclic amines) is 2. The second kappa shape index (κ2) is 13.4. The van der Waals surface area contributed by atoms with Crippen molar-refractivity contribution in [3.63, 3.8) is 0 Å². The van der Waals surface area contributed by atoms with Gasteiger partial charge in [-0.1, -0.05) is 5.16 Å². The molecule has 2 unspecified atom stereocenters. The van der Waals surface area contributed by atoms with Gasteiger partial charge >= 0.3 is 17.9 Å². The number of nitrogens with zero attached hydrogens (tertiary/aromatic N) is 6. The zero-order chi connectivity index (χ0) is 35.1. The number of aliphatic hydroxyl groups excluding tert-OH is 1. The van der Waals surface area contributed by atoms with Gasteiger partial charge in [0.2, 0.25) is 17.4 Å². The quantitative estimate of drug-likeness (QED) is 0.0670. The number of carboxylic acids is 1. The molecule has 3 fully saturated rings. The summed E-state index contributed by atoms with van der Waals surface area (Å²) in [5.41, 5.74) is 5.15. The Bertz CT molecular complexity index is 1880. The summed E-state index contributed by atoms with van der Waals surface area (Å²) < 4.78 is 18.7. The zero-order valence-corrected chi connectivity index (χ0v) is 27.1. The molecular formula is C27H28N8O12S2. The highest BCUT2D eigenvalue weighted by molar-refractivity contribution is 8.00. The number of ether oxygens (including phenoxy) is 1. The van der Waals surface area contributed by atoms with E-state index in [1.54, 1.807) is 4.90 Å². The molecule has 2 aromatic heterocycles. The molecule has 2 aromatic rings. The molecule has 0 radical (unpaired) electrons. The molecule has 0 saturated carbocycles. The molecule has 0 bridgehead atoms. The number of aromatic nitrogens is 2. The summed E-state index contributed by atoms with van der Waals surface area (Å²) in [6, 6.07) is -2.26. The Morgan fingerprint density at radius 1 is 1.24 bits per heavy atom.